The molecular weight excluding hydrogens is 111 g/mol. The van der Waals surface area contributed by atoms with Gasteiger partial charge in [-0.05, 0) is 0 Å². The van der Waals surface area contributed by atoms with Crippen LogP contribution in [0.5, 0.6) is 0 Å². The average molecular weight is 114 g/mol. The van der Waals surface area contributed by atoms with E-state index in [1.807, 2.05) is 0 Å². The van der Waals surface area contributed by atoms with Gasteiger partial charge in [0, 0.05) is 4.29 Å². The number of aliphatic hydroxyl groups is 1. The Kier molecular flexibility index (Phi) is 3.40. The minimum absolute atomic E-state index is 0.798. The Morgan fingerprint density at radius 2 is 2.17 bits per heavy atom. The Bertz CT molecular complexity index is 28.7. The summed E-state index contributed by atoms with van der Waals surface area (Å²) in [7, 11) is -2.28. The number of rotatable bonds is 2. The molecule has 5 heteroatoms. The summed E-state index contributed by atoms with van der Waals surface area (Å²) < 4.78 is 21.8. The third-order valence-electron chi connectivity index (χ3n) is 0.138. The molecule has 0 heterocycles. The van der Waals surface area contributed by atoms with E-state index in [0.717, 1.165) is 0 Å². The summed E-state index contributed by atoms with van der Waals surface area (Å²) in [4.78, 5) is 0. The van der Waals surface area contributed by atoms with Gasteiger partial charge in [-0.25, -0.2) is 0 Å². The Balaban J connectivity index is 2.63. The number of aliphatic hydroxyl groups excluding tert-OH is 1. The molecule has 0 aromatic heterocycles. The van der Waals surface area contributed by atoms with E-state index in [-0.39, 0.29) is 0 Å². The van der Waals surface area contributed by atoms with Crippen LogP contribution >= 0.6 is 0 Å². The Hall–Kier alpha value is 0.130. The van der Waals surface area contributed by atoms with Gasteiger partial charge in [0.1, 0.15) is 0 Å². The summed E-state index contributed by atoms with van der Waals surface area (Å²) in [5.74, 6) is 0. The zero-order chi connectivity index (χ0) is 4.99. The Labute approximate surface area is 37.4 Å². The van der Waals surface area contributed by atoms with Gasteiger partial charge in [0.2, 0.25) is 0 Å². The molecule has 0 saturated carbocycles. The van der Waals surface area contributed by atoms with E-state index in [9.17, 15) is 9.32 Å². The summed E-state index contributed by atoms with van der Waals surface area (Å²) in [6.07, 6.45) is 0. The predicted molar refractivity (Wildman–Crippen MR) is 8.17 cm³/mol. The maximum atomic E-state index is 9.18. The van der Waals surface area contributed by atoms with Crippen LogP contribution in [0.3, 0.4) is 0 Å². The zero-order valence-electron chi connectivity index (χ0n) is 2.76. The minimum atomic E-state index is -2.28. The normalized spacial score (nSPS) is 10.0. The third kappa shape index (κ3) is 4.13. The van der Waals surface area contributed by atoms with E-state index >= 15 is 0 Å². The van der Waals surface area contributed by atoms with Crippen LogP contribution in [-0.4, -0.2) is 11.9 Å². The standard InChI is InChI=1S/CH3ClO4/c3-1-6-2(4)5/h3H,1H2. The molecular formula is CH3ClO4. The second kappa shape index (κ2) is 3.32. The van der Waals surface area contributed by atoms with Crippen molar-refractivity contribution in [1.29, 1.82) is 0 Å². The van der Waals surface area contributed by atoms with Crippen molar-refractivity contribution < 1.29 is 29.5 Å². The molecule has 0 radical (unpaired) electrons. The number of hydrogen-bond acceptors (Lipinski definition) is 4. The summed E-state index contributed by atoms with van der Waals surface area (Å²) in [6.45, 7) is -0.798. The highest BCUT2D eigenvalue weighted by atomic mass is 35.6. The lowest BCUT2D eigenvalue weighted by atomic mass is 11.6. The maximum absolute atomic E-state index is 9.18. The zero-order valence-corrected chi connectivity index (χ0v) is 3.51. The van der Waals surface area contributed by atoms with E-state index < -0.39 is 17.6 Å². The van der Waals surface area contributed by atoms with Crippen molar-refractivity contribution in [3.05, 3.63) is 0 Å². The third-order valence-corrected chi connectivity index (χ3v) is 0.414. The quantitative estimate of drug-likeness (QED) is 0.389. The Morgan fingerprint density at radius 3 is 2.17 bits per heavy atom. The Morgan fingerprint density at radius 1 is 1.67 bits per heavy atom. The van der Waals surface area contributed by atoms with Crippen LogP contribution in [0.4, 0.5) is 0 Å². The molecule has 0 amide bonds. The lowest BCUT2D eigenvalue weighted by Gasteiger charge is -1.85. The van der Waals surface area contributed by atoms with Gasteiger partial charge in [0.05, 0.1) is 0 Å². The van der Waals surface area contributed by atoms with E-state index in [0.29, 0.717) is 0 Å². The molecule has 0 fully saturated rings. The van der Waals surface area contributed by atoms with Crippen molar-refractivity contribution in [2.45, 2.75) is 0 Å². The van der Waals surface area contributed by atoms with Crippen molar-refractivity contribution in [3.8, 4) is 0 Å². The van der Waals surface area contributed by atoms with Gasteiger partial charge in [-0.1, -0.05) is 0 Å². The maximum Gasteiger partial charge on any atom is 0.288 e. The molecule has 1 N–H and O–H groups in total. The molecule has 0 atom stereocenters. The van der Waals surface area contributed by atoms with Crippen LogP contribution in [0, 0.1) is 10.8 Å². The first-order chi connectivity index (χ1) is 2.77. The molecule has 0 unspecified atom stereocenters. The van der Waals surface area contributed by atoms with Crippen LogP contribution in [0.2, 0.25) is 0 Å². The van der Waals surface area contributed by atoms with E-state index in [4.69, 9.17) is 5.11 Å². The second-order valence-corrected chi connectivity index (χ2v) is 1.02. The molecule has 0 aliphatic carbocycles. The first-order valence-electron chi connectivity index (χ1n) is 1.07. The van der Waals surface area contributed by atoms with Gasteiger partial charge in [0.15, 0.2) is 0 Å². The van der Waals surface area contributed by atoms with Crippen molar-refractivity contribution >= 4 is 0 Å². The molecule has 38 valence electrons. The molecule has 0 bridgehead atoms. The average Bonchev–Trinajstić information content (AvgIpc) is 1.35. The lowest BCUT2D eigenvalue weighted by Crippen LogP contribution is -2.34. The van der Waals surface area contributed by atoms with Gasteiger partial charge >= 0.3 is 0 Å². The predicted octanol–water partition coefficient (Wildman–Crippen LogP) is -2.96. The summed E-state index contributed by atoms with van der Waals surface area (Å²) in [6, 6.07) is 0. The van der Waals surface area contributed by atoms with Gasteiger partial charge in [-0.2, -0.15) is 0 Å². The van der Waals surface area contributed by atoms with Crippen LogP contribution in [0.1, 0.15) is 0 Å². The highest BCUT2D eigenvalue weighted by molar-refractivity contribution is 3.58. The molecule has 0 rings (SSSR count). The molecule has 0 aromatic carbocycles. The summed E-state index contributed by atoms with van der Waals surface area (Å²) >= 11 is 0. The molecule has 0 spiro atoms. The van der Waals surface area contributed by atoms with Crippen LogP contribution in [0.15, 0.2) is 0 Å². The fourth-order valence-corrected chi connectivity index (χ4v) is 0.120. The molecule has 4 nitrogen and oxygen atoms in total. The van der Waals surface area contributed by atoms with Crippen LogP contribution in [-0.2, 0) is 4.29 Å². The first-order valence-corrected chi connectivity index (χ1v) is 1.99. The number of halogens is 1. The van der Waals surface area contributed by atoms with Crippen molar-refractivity contribution in [2.24, 2.45) is 0 Å². The minimum Gasteiger partial charge on any atom is -0.362 e. The first kappa shape index (κ1) is 6.13. The van der Waals surface area contributed by atoms with Gasteiger partial charge in [-0.3, -0.25) is 0 Å². The van der Waals surface area contributed by atoms with Gasteiger partial charge in [0.25, 0.3) is 17.6 Å². The molecule has 0 saturated heterocycles. The van der Waals surface area contributed by atoms with Crippen molar-refractivity contribution in [3.63, 3.8) is 0 Å². The smallest absolute Gasteiger partial charge is 0.288 e. The van der Waals surface area contributed by atoms with Crippen molar-refractivity contribution in [1.82, 2.24) is 0 Å². The van der Waals surface area contributed by atoms with Crippen LogP contribution in [0.25, 0.3) is 0 Å². The van der Waals surface area contributed by atoms with Crippen molar-refractivity contribution in [2.75, 3.05) is 6.79 Å². The van der Waals surface area contributed by atoms with Crippen LogP contribution < -0.4 is 9.32 Å². The fourth-order valence-electron chi connectivity index (χ4n) is 0.0398. The SMILES string of the molecule is [O-][Cl+2]([O-])OCO. The summed E-state index contributed by atoms with van der Waals surface area (Å²) in [5, 5.41) is 7.61. The van der Waals surface area contributed by atoms with E-state index in [1.54, 1.807) is 0 Å². The largest absolute Gasteiger partial charge is 0.362 e. The monoisotopic (exact) mass is 114 g/mol. The van der Waals surface area contributed by atoms with Gasteiger partial charge < -0.3 is 14.4 Å². The molecule has 0 aromatic rings. The highest BCUT2D eigenvalue weighted by Crippen LogP contribution is 1.68. The lowest BCUT2D eigenvalue weighted by molar-refractivity contribution is -1.63. The summed E-state index contributed by atoms with van der Waals surface area (Å²) in [5.41, 5.74) is 0. The molecule has 0 aliphatic heterocycles. The van der Waals surface area contributed by atoms with Gasteiger partial charge in [-0.15, -0.1) is 0 Å². The highest BCUT2D eigenvalue weighted by Gasteiger charge is 2.00. The molecule has 0 aliphatic rings. The fraction of sp³-hybridized carbons (Fsp3) is 1.00. The second-order valence-electron chi connectivity index (χ2n) is 0.427. The topological polar surface area (TPSA) is 75.6 Å². The molecule has 6 heavy (non-hydrogen) atoms. The number of hydrogen-bond donors (Lipinski definition) is 1. The van der Waals surface area contributed by atoms with E-state index in [1.165, 1.54) is 0 Å². The van der Waals surface area contributed by atoms with E-state index in [2.05, 4.69) is 4.29 Å².